The van der Waals surface area contributed by atoms with E-state index in [0.29, 0.717) is 5.56 Å². The molecule has 1 aromatic heterocycles. The summed E-state index contributed by atoms with van der Waals surface area (Å²) >= 11 is 0. The third kappa shape index (κ3) is 3.83. The van der Waals surface area contributed by atoms with Crippen LogP contribution in [0.3, 0.4) is 0 Å². The highest BCUT2D eigenvalue weighted by Gasteiger charge is 2.09. The molecule has 1 heterocycles. The van der Waals surface area contributed by atoms with Crippen molar-refractivity contribution in [1.82, 2.24) is 15.7 Å². The standard InChI is InChI=1S/C11H11N5O5/c12-10-11(16-21-15-10)20-5-9(19)14-13-4-6-1-2-7(17)3-8(6)18/h1-4,17-18H,5H2,(H2,12,15)(H,14,19). The largest absolute Gasteiger partial charge is 0.508 e. The van der Waals surface area contributed by atoms with E-state index in [4.69, 9.17) is 15.6 Å². The zero-order valence-electron chi connectivity index (χ0n) is 10.6. The summed E-state index contributed by atoms with van der Waals surface area (Å²) in [5.74, 6) is -0.996. The smallest absolute Gasteiger partial charge is 0.300 e. The number of carbonyl (C=O) groups is 1. The lowest BCUT2D eigenvalue weighted by Gasteiger charge is -2.01. The van der Waals surface area contributed by atoms with Crippen LogP contribution in [0.15, 0.2) is 27.9 Å². The Balaban J connectivity index is 1.83. The lowest BCUT2D eigenvalue weighted by molar-refractivity contribution is -0.123. The number of aromatic nitrogens is 2. The van der Waals surface area contributed by atoms with Crippen molar-refractivity contribution < 1.29 is 24.4 Å². The van der Waals surface area contributed by atoms with Gasteiger partial charge in [-0.2, -0.15) is 5.10 Å². The molecule has 0 spiro atoms. The molecule has 10 heteroatoms. The number of phenolic OH excluding ortho intramolecular Hbond substituents is 2. The van der Waals surface area contributed by atoms with Gasteiger partial charge in [-0.15, -0.1) is 0 Å². The fourth-order valence-electron chi connectivity index (χ4n) is 1.27. The monoisotopic (exact) mass is 293 g/mol. The highest BCUT2D eigenvalue weighted by molar-refractivity contribution is 5.85. The van der Waals surface area contributed by atoms with Gasteiger partial charge in [-0.3, -0.25) is 4.79 Å². The third-order valence-electron chi connectivity index (χ3n) is 2.23. The van der Waals surface area contributed by atoms with Crippen LogP contribution in [0.25, 0.3) is 0 Å². The van der Waals surface area contributed by atoms with Crippen molar-refractivity contribution in [1.29, 1.82) is 0 Å². The minimum Gasteiger partial charge on any atom is -0.508 e. The van der Waals surface area contributed by atoms with Crippen LogP contribution in [0.2, 0.25) is 0 Å². The van der Waals surface area contributed by atoms with Gasteiger partial charge in [0.2, 0.25) is 5.82 Å². The number of hydrogen-bond donors (Lipinski definition) is 4. The average molecular weight is 293 g/mol. The minimum atomic E-state index is -0.577. The second-order valence-corrected chi connectivity index (χ2v) is 3.78. The number of nitrogens with zero attached hydrogens (tertiary/aromatic N) is 3. The number of benzene rings is 1. The highest BCUT2D eigenvalue weighted by Crippen LogP contribution is 2.20. The predicted octanol–water partition coefficient (Wildman–Crippen LogP) is -0.408. The predicted molar refractivity (Wildman–Crippen MR) is 69.7 cm³/mol. The molecule has 0 saturated carbocycles. The number of nitrogens with two attached hydrogens (primary N) is 1. The second-order valence-electron chi connectivity index (χ2n) is 3.78. The van der Waals surface area contributed by atoms with E-state index < -0.39 is 12.5 Å². The van der Waals surface area contributed by atoms with Gasteiger partial charge in [-0.25, -0.2) is 10.1 Å². The van der Waals surface area contributed by atoms with Crippen molar-refractivity contribution in [3.05, 3.63) is 23.8 Å². The van der Waals surface area contributed by atoms with E-state index in [2.05, 4.69) is 25.5 Å². The van der Waals surface area contributed by atoms with Crippen molar-refractivity contribution >= 4 is 17.9 Å². The summed E-state index contributed by atoms with van der Waals surface area (Å²) in [4.78, 5) is 11.4. The van der Waals surface area contributed by atoms with Gasteiger partial charge < -0.3 is 20.7 Å². The van der Waals surface area contributed by atoms with E-state index in [1.54, 1.807) is 0 Å². The summed E-state index contributed by atoms with van der Waals surface area (Å²) in [5.41, 5.74) is 7.82. The van der Waals surface area contributed by atoms with E-state index in [-0.39, 0.29) is 23.2 Å². The lowest BCUT2D eigenvalue weighted by Crippen LogP contribution is -2.24. The molecule has 1 aromatic carbocycles. The minimum absolute atomic E-state index is 0.0692. The van der Waals surface area contributed by atoms with Crippen LogP contribution in [-0.4, -0.2) is 39.3 Å². The number of rotatable bonds is 5. The van der Waals surface area contributed by atoms with Gasteiger partial charge in [-0.1, -0.05) is 0 Å². The molecule has 0 fully saturated rings. The Morgan fingerprint density at radius 3 is 2.95 bits per heavy atom. The van der Waals surface area contributed by atoms with Crippen LogP contribution in [0.1, 0.15) is 5.56 Å². The van der Waals surface area contributed by atoms with Gasteiger partial charge in [0.1, 0.15) is 11.5 Å². The Bertz CT molecular complexity index is 669. The van der Waals surface area contributed by atoms with E-state index in [9.17, 15) is 9.90 Å². The fraction of sp³-hybridized carbons (Fsp3) is 0.0909. The molecular formula is C11H11N5O5. The molecule has 0 aliphatic heterocycles. The van der Waals surface area contributed by atoms with Crippen LogP contribution < -0.4 is 15.9 Å². The average Bonchev–Trinajstić information content (AvgIpc) is 2.84. The third-order valence-corrected chi connectivity index (χ3v) is 2.23. The molecule has 0 aliphatic rings. The number of phenols is 2. The van der Waals surface area contributed by atoms with Gasteiger partial charge in [0.25, 0.3) is 5.91 Å². The number of nitrogens with one attached hydrogen (secondary N) is 1. The number of ether oxygens (including phenoxy) is 1. The molecule has 10 nitrogen and oxygen atoms in total. The van der Waals surface area contributed by atoms with E-state index in [1.165, 1.54) is 18.3 Å². The first-order chi connectivity index (χ1) is 10.1. The topological polar surface area (TPSA) is 156 Å². The maximum Gasteiger partial charge on any atom is 0.300 e. The van der Waals surface area contributed by atoms with Crippen molar-refractivity contribution in [2.24, 2.45) is 5.10 Å². The number of nitrogen functional groups attached to an aromatic ring is 1. The summed E-state index contributed by atoms with van der Waals surface area (Å²) in [6.45, 7) is -0.392. The number of anilines is 1. The molecule has 0 radical (unpaired) electrons. The number of hydrazone groups is 1. The number of hydrogen-bond acceptors (Lipinski definition) is 9. The van der Waals surface area contributed by atoms with E-state index in [0.717, 1.165) is 6.07 Å². The zero-order chi connectivity index (χ0) is 15.2. The summed E-state index contributed by atoms with van der Waals surface area (Å²) in [5, 5.41) is 28.8. The fourth-order valence-corrected chi connectivity index (χ4v) is 1.27. The second kappa shape index (κ2) is 6.23. The van der Waals surface area contributed by atoms with Crippen LogP contribution in [-0.2, 0) is 4.79 Å². The Morgan fingerprint density at radius 1 is 1.48 bits per heavy atom. The summed E-state index contributed by atoms with van der Waals surface area (Å²) in [6.07, 6.45) is 1.21. The molecule has 110 valence electrons. The first kappa shape index (κ1) is 14.1. The van der Waals surface area contributed by atoms with Crippen LogP contribution in [0.4, 0.5) is 5.82 Å². The van der Waals surface area contributed by atoms with Crippen molar-refractivity contribution in [3.63, 3.8) is 0 Å². The van der Waals surface area contributed by atoms with E-state index in [1.807, 2.05) is 0 Å². The van der Waals surface area contributed by atoms with Gasteiger partial charge in [0.05, 0.1) is 6.21 Å². The van der Waals surface area contributed by atoms with Gasteiger partial charge in [-0.05, 0) is 22.4 Å². The first-order valence-corrected chi connectivity index (χ1v) is 5.61. The summed E-state index contributed by atoms with van der Waals surface area (Å²) in [6, 6.07) is 3.94. The van der Waals surface area contributed by atoms with Crippen molar-refractivity contribution in [2.75, 3.05) is 12.3 Å². The molecule has 0 saturated heterocycles. The number of carbonyl (C=O) groups excluding carboxylic acids is 1. The molecule has 0 bridgehead atoms. The maximum atomic E-state index is 11.4. The molecule has 5 N–H and O–H groups in total. The Kier molecular flexibility index (Phi) is 4.19. The van der Waals surface area contributed by atoms with Gasteiger partial charge in [0.15, 0.2) is 6.61 Å². The quantitative estimate of drug-likeness (QED) is 0.428. The SMILES string of the molecule is Nc1nonc1OCC(=O)NN=Cc1ccc(O)cc1O. The highest BCUT2D eigenvalue weighted by atomic mass is 16.6. The molecular weight excluding hydrogens is 282 g/mol. The van der Waals surface area contributed by atoms with Crippen molar-refractivity contribution in [3.8, 4) is 17.4 Å². The Hall–Kier alpha value is -3.30. The van der Waals surface area contributed by atoms with Crippen LogP contribution >= 0.6 is 0 Å². The van der Waals surface area contributed by atoms with Crippen LogP contribution in [0.5, 0.6) is 17.4 Å². The van der Waals surface area contributed by atoms with Crippen LogP contribution in [0, 0.1) is 0 Å². The van der Waals surface area contributed by atoms with Crippen molar-refractivity contribution in [2.45, 2.75) is 0 Å². The zero-order valence-corrected chi connectivity index (χ0v) is 10.6. The Labute approximate surface area is 117 Å². The number of amides is 1. The number of aromatic hydroxyl groups is 2. The molecule has 0 atom stereocenters. The molecule has 0 unspecified atom stereocenters. The lowest BCUT2D eigenvalue weighted by atomic mass is 10.2. The first-order valence-electron chi connectivity index (χ1n) is 5.61. The van der Waals surface area contributed by atoms with Gasteiger partial charge >= 0.3 is 5.88 Å². The molecule has 2 aromatic rings. The Morgan fingerprint density at radius 2 is 2.29 bits per heavy atom. The molecule has 21 heavy (non-hydrogen) atoms. The van der Waals surface area contributed by atoms with E-state index >= 15 is 0 Å². The molecule has 2 rings (SSSR count). The summed E-state index contributed by atoms with van der Waals surface area (Å²) in [7, 11) is 0. The molecule has 1 amide bonds. The summed E-state index contributed by atoms with van der Waals surface area (Å²) < 4.78 is 9.20. The normalized spacial score (nSPS) is 10.7. The molecule has 0 aliphatic carbocycles. The van der Waals surface area contributed by atoms with Gasteiger partial charge in [0, 0.05) is 11.6 Å². The maximum absolute atomic E-state index is 11.4.